The molecule has 0 saturated heterocycles. The zero-order chi connectivity index (χ0) is 18.5. The van der Waals surface area contributed by atoms with E-state index in [1.807, 2.05) is 13.0 Å². The van der Waals surface area contributed by atoms with Crippen molar-refractivity contribution in [2.75, 3.05) is 5.32 Å². The maximum Gasteiger partial charge on any atom is 0.274 e. The summed E-state index contributed by atoms with van der Waals surface area (Å²) in [5.74, 6) is 0.974. The van der Waals surface area contributed by atoms with Gasteiger partial charge in [-0.1, -0.05) is 0 Å². The second kappa shape index (κ2) is 7.40. The summed E-state index contributed by atoms with van der Waals surface area (Å²) in [5, 5.41) is 11.9. The summed E-state index contributed by atoms with van der Waals surface area (Å²) in [5.41, 5.74) is 2.09. The SMILES string of the molecule is Cc1nccc(C(=O)Nc2ccc(Oc3ncccc3C#N)cc2C)n1. The third kappa shape index (κ3) is 3.82. The van der Waals surface area contributed by atoms with E-state index in [9.17, 15) is 4.79 Å². The zero-order valence-electron chi connectivity index (χ0n) is 14.2. The number of pyridine rings is 1. The van der Waals surface area contributed by atoms with E-state index in [-0.39, 0.29) is 11.8 Å². The van der Waals surface area contributed by atoms with Crippen LogP contribution >= 0.6 is 0 Å². The smallest absolute Gasteiger partial charge is 0.274 e. The van der Waals surface area contributed by atoms with Crippen molar-refractivity contribution in [3.8, 4) is 17.7 Å². The fraction of sp³-hybridized carbons (Fsp3) is 0.105. The molecule has 1 aromatic carbocycles. The molecule has 0 aliphatic carbocycles. The molecule has 26 heavy (non-hydrogen) atoms. The summed E-state index contributed by atoms with van der Waals surface area (Å²) in [6, 6.07) is 12.1. The third-order valence-corrected chi connectivity index (χ3v) is 3.56. The van der Waals surface area contributed by atoms with E-state index >= 15 is 0 Å². The number of nitrogens with zero attached hydrogens (tertiary/aromatic N) is 4. The van der Waals surface area contributed by atoms with Crippen LogP contribution in [-0.4, -0.2) is 20.9 Å². The number of benzene rings is 1. The number of carbonyl (C=O) groups is 1. The number of amides is 1. The van der Waals surface area contributed by atoms with Gasteiger partial charge < -0.3 is 10.1 Å². The number of hydrogen-bond donors (Lipinski definition) is 1. The minimum atomic E-state index is -0.316. The molecule has 0 fully saturated rings. The summed E-state index contributed by atoms with van der Waals surface area (Å²) >= 11 is 0. The summed E-state index contributed by atoms with van der Waals surface area (Å²) in [7, 11) is 0. The van der Waals surface area contributed by atoms with Crippen LogP contribution in [0, 0.1) is 25.2 Å². The molecule has 0 spiro atoms. The van der Waals surface area contributed by atoms with Crippen molar-refractivity contribution in [2.24, 2.45) is 0 Å². The minimum Gasteiger partial charge on any atom is -0.438 e. The predicted octanol–water partition coefficient (Wildman–Crippen LogP) is 3.40. The van der Waals surface area contributed by atoms with Crippen molar-refractivity contribution in [1.29, 1.82) is 5.26 Å². The number of anilines is 1. The number of nitriles is 1. The zero-order valence-corrected chi connectivity index (χ0v) is 14.2. The van der Waals surface area contributed by atoms with Crippen LogP contribution in [0.5, 0.6) is 11.6 Å². The van der Waals surface area contributed by atoms with E-state index in [4.69, 9.17) is 10.00 Å². The quantitative estimate of drug-likeness (QED) is 0.777. The molecule has 0 aliphatic rings. The van der Waals surface area contributed by atoms with Crippen molar-refractivity contribution < 1.29 is 9.53 Å². The summed E-state index contributed by atoms with van der Waals surface area (Å²) < 4.78 is 5.67. The molecular formula is C19H15N5O2. The van der Waals surface area contributed by atoms with Gasteiger partial charge in [-0.25, -0.2) is 15.0 Å². The van der Waals surface area contributed by atoms with Crippen LogP contribution in [0.25, 0.3) is 0 Å². The maximum atomic E-state index is 12.3. The van der Waals surface area contributed by atoms with Crippen LogP contribution in [0.15, 0.2) is 48.8 Å². The standard InChI is InChI=1S/C19H15N5O2/c1-12-10-15(26-19-14(11-20)4-3-8-22-19)5-6-16(12)24-18(25)17-7-9-21-13(2)23-17/h3-10H,1-2H3,(H,24,25). The molecule has 128 valence electrons. The average Bonchev–Trinajstić information content (AvgIpc) is 2.64. The van der Waals surface area contributed by atoms with Gasteiger partial charge in [0.25, 0.3) is 5.91 Å². The predicted molar refractivity (Wildman–Crippen MR) is 94.9 cm³/mol. The Hall–Kier alpha value is -3.79. The van der Waals surface area contributed by atoms with Crippen molar-refractivity contribution >= 4 is 11.6 Å². The minimum absolute atomic E-state index is 0.239. The van der Waals surface area contributed by atoms with E-state index < -0.39 is 0 Å². The monoisotopic (exact) mass is 345 g/mol. The Bertz CT molecular complexity index is 1010. The second-order valence-corrected chi connectivity index (χ2v) is 5.49. The lowest BCUT2D eigenvalue weighted by Crippen LogP contribution is -2.15. The highest BCUT2D eigenvalue weighted by molar-refractivity contribution is 6.03. The fourth-order valence-corrected chi connectivity index (χ4v) is 2.28. The second-order valence-electron chi connectivity index (χ2n) is 5.49. The van der Waals surface area contributed by atoms with Gasteiger partial charge in [-0.3, -0.25) is 4.79 Å². The molecule has 2 heterocycles. The van der Waals surface area contributed by atoms with Gasteiger partial charge in [-0.15, -0.1) is 0 Å². The molecule has 1 N–H and O–H groups in total. The van der Waals surface area contributed by atoms with Crippen molar-refractivity contribution in [1.82, 2.24) is 15.0 Å². The summed E-state index contributed by atoms with van der Waals surface area (Å²) in [6.07, 6.45) is 3.10. The number of aromatic nitrogens is 3. The first-order chi connectivity index (χ1) is 12.6. The Kier molecular flexibility index (Phi) is 4.85. The topological polar surface area (TPSA) is 101 Å². The van der Waals surface area contributed by atoms with Crippen molar-refractivity contribution in [2.45, 2.75) is 13.8 Å². The van der Waals surface area contributed by atoms with Crippen LogP contribution in [0.3, 0.4) is 0 Å². The highest BCUT2D eigenvalue weighted by atomic mass is 16.5. The van der Waals surface area contributed by atoms with Gasteiger partial charge in [-0.05, 0) is 55.8 Å². The Morgan fingerprint density at radius 2 is 2.00 bits per heavy atom. The van der Waals surface area contributed by atoms with Gasteiger partial charge in [-0.2, -0.15) is 5.26 Å². The molecule has 3 aromatic rings. The molecule has 2 aromatic heterocycles. The van der Waals surface area contributed by atoms with Gasteiger partial charge in [0.1, 0.15) is 28.9 Å². The largest absolute Gasteiger partial charge is 0.438 e. The number of ether oxygens (including phenoxy) is 1. The maximum absolute atomic E-state index is 12.3. The lowest BCUT2D eigenvalue weighted by atomic mass is 10.2. The van der Waals surface area contributed by atoms with Gasteiger partial charge in [0.15, 0.2) is 0 Å². The normalized spacial score (nSPS) is 10.0. The molecule has 0 atom stereocenters. The van der Waals surface area contributed by atoms with Crippen LogP contribution in [0.4, 0.5) is 5.69 Å². The first kappa shape index (κ1) is 17.0. The molecule has 0 radical (unpaired) electrons. The van der Waals surface area contributed by atoms with Gasteiger partial charge in [0.05, 0.1) is 0 Å². The van der Waals surface area contributed by atoms with Crippen LogP contribution in [0.2, 0.25) is 0 Å². The molecular weight excluding hydrogens is 330 g/mol. The Labute approximate surface area is 150 Å². The van der Waals surface area contributed by atoms with E-state index in [1.54, 1.807) is 55.7 Å². The van der Waals surface area contributed by atoms with Gasteiger partial charge in [0, 0.05) is 18.1 Å². The van der Waals surface area contributed by atoms with Gasteiger partial charge in [0.2, 0.25) is 5.88 Å². The fourth-order valence-electron chi connectivity index (χ4n) is 2.28. The molecule has 3 rings (SSSR count). The molecule has 0 aliphatic heterocycles. The molecule has 7 nitrogen and oxygen atoms in total. The van der Waals surface area contributed by atoms with Crippen LogP contribution in [0.1, 0.15) is 27.4 Å². The van der Waals surface area contributed by atoms with Gasteiger partial charge >= 0.3 is 0 Å². The highest BCUT2D eigenvalue weighted by Gasteiger charge is 2.11. The number of carbonyl (C=O) groups excluding carboxylic acids is 1. The Morgan fingerprint density at radius 3 is 2.73 bits per heavy atom. The molecule has 0 saturated carbocycles. The lowest BCUT2D eigenvalue weighted by molar-refractivity contribution is 0.102. The molecule has 0 unspecified atom stereocenters. The molecule has 7 heteroatoms. The third-order valence-electron chi connectivity index (χ3n) is 3.56. The van der Waals surface area contributed by atoms with Crippen LogP contribution < -0.4 is 10.1 Å². The number of aryl methyl sites for hydroxylation is 2. The Morgan fingerprint density at radius 1 is 1.15 bits per heavy atom. The first-order valence-electron chi connectivity index (χ1n) is 7.81. The number of hydrogen-bond acceptors (Lipinski definition) is 6. The van der Waals surface area contributed by atoms with Crippen molar-refractivity contribution in [3.63, 3.8) is 0 Å². The Balaban J connectivity index is 1.77. The summed E-state index contributed by atoms with van der Waals surface area (Å²) in [6.45, 7) is 3.57. The highest BCUT2D eigenvalue weighted by Crippen LogP contribution is 2.26. The number of nitrogens with one attached hydrogen (secondary N) is 1. The van der Waals surface area contributed by atoms with E-state index in [0.29, 0.717) is 28.5 Å². The molecule has 1 amide bonds. The van der Waals surface area contributed by atoms with E-state index in [1.165, 1.54) is 0 Å². The summed E-state index contributed by atoms with van der Waals surface area (Å²) in [4.78, 5) is 24.4. The lowest BCUT2D eigenvalue weighted by Gasteiger charge is -2.11. The van der Waals surface area contributed by atoms with E-state index in [2.05, 4.69) is 20.3 Å². The molecule has 0 bridgehead atoms. The van der Waals surface area contributed by atoms with E-state index in [0.717, 1.165) is 5.56 Å². The first-order valence-corrected chi connectivity index (χ1v) is 7.81. The van der Waals surface area contributed by atoms with Crippen molar-refractivity contribution in [3.05, 3.63) is 71.4 Å². The number of rotatable bonds is 4. The average molecular weight is 345 g/mol. The van der Waals surface area contributed by atoms with Crippen LogP contribution in [-0.2, 0) is 0 Å².